The Hall–Kier alpha value is -2.44. The van der Waals surface area contributed by atoms with E-state index in [2.05, 4.69) is 6.07 Å². The van der Waals surface area contributed by atoms with Crippen molar-refractivity contribution in [2.75, 3.05) is 13.7 Å². The number of aryl methyl sites for hydroxylation is 2. The predicted octanol–water partition coefficient (Wildman–Crippen LogP) is 2.46. The zero-order valence-corrected chi connectivity index (χ0v) is 15.3. The van der Waals surface area contributed by atoms with Crippen LogP contribution in [0.3, 0.4) is 0 Å². The molecule has 2 N–H and O–H groups in total. The Morgan fingerprint density at radius 3 is 2.23 bits per heavy atom. The Morgan fingerprint density at radius 2 is 1.69 bits per heavy atom. The molecule has 0 radical (unpaired) electrons. The van der Waals surface area contributed by atoms with Gasteiger partial charge in [-0.15, -0.1) is 0 Å². The largest absolute Gasteiger partial charge is 0.483 e. The quantitative estimate of drug-likeness (QED) is 0.795. The highest BCUT2D eigenvalue weighted by Crippen LogP contribution is 2.26. The molecule has 0 fully saturated rings. The summed E-state index contributed by atoms with van der Waals surface area (Å²) in [5.74, 6) is -0.699. The van der Waals surface area contributed by atoms with E-state index < -0.39 is 19.0 Å². The van der Waals surface area contributed by atoms with Crippen molar-refractivity contribution in [3.8, 4) is 5.75 Å². The van der Waals surface area contributed by atoms with E-state index in [1.54, 1.807) is 11.9 Å². The minimum Gasteiger partial charge on any atom is -0.483 e. The van der Waals surface area contributed by atoms with Crippen LogP contribution in [0.1, 0.15) is 27.8 Å². The van der Waals surface area contributed by atoms with Gasteiger partial charge in [-0.25, -0.2) is 4.39 Å². The van der Waals surface area contributed by atoms with Gasteiger partial charge in [-0.3, -0.25) is 4.79 Å². The minimum atomic E-state index is -0.580. The topological polar surface area (TPSA) is 70.0 Å². The van der Waals surface area contributed by atoms with Gasteiger partial charge in [-0.05, 0) is 37.1 Å². The van der Waals surface area contributed by atoms with Crippen molar-refractivity contribution in [3.05, 3.63) is 64.0 Å². The van der Waals surface area contributed by atoms with Gasteiger partial charge in [0.05, 0.1) is 13.2 Å². The molecular weight excluding hydrogens is 337 g/mol. The van der Waals surface area contributed by atoms with E-state index in [1.807, 2.05) is 26.0 Å². The molecule has 2 rings (SSSR count). The second-order valence-corrected chi connectivity index (χ2v) is 6.34. The average Bonchev–Trinajstić information content (AvgIpc) is 2.61. The number of rotatable bonds is 7. The summed E-state index contributed by atoms with van der Waals surface area (Å²) in [6.45, 7) is 3.28. The van der Waals surface area contributed by atoms with Crippen molar-refractivity contribution in [1.82, 2.24) is 4.90 Å². The molecule has 0 heterocycles. The van der Waals surface area contributed by atoms with Crippen molar-refractivity contribution in [2.45, 2.75) is 33.6 Å². The number of aliphatic hydroxyl groups is 2. The molecule has 0 unspecified atom stereocenters. The van der Waals surface area contributed by atoms with Crippen LogP contribution in [-0.2, 0) is 24.6 Å². The Labute approximate surface area is 152 Å². The molecule has 0 aliphatic rings. The van der Waals surface area contributed by atoms with Crippen LogP contribution in [0.25, 0.3) is 0 Å². The molecule has 0 saturated carbocycles. The fourth-order valence-electron chi connectivity index (χ4n) is 2.74. The van der Waals surface area contributed by atoms with Crippen molar-refractivity contribution < 1.29 is 24.1 Å². The predicted molar refractivity (Wildman–Crippen MR) is 96.1 cm³/mol. The zero-order chi connectivity index (χ0) is 19.3. The van der Waals surface area contributed by atoms with Gasteiger partial charge in [0.15, 0.2) is 6.61 Å². The van der Waals surface area contributed by atoms with Gasteiger partial charge in [0.25, 0.3) is 5.91 Å². The average molecular weight is 361 g/mol. The van der Waals surface area contributed by atoms with E-state index in [0.717, 1.165) is 28.8 Å². The van der Waals surface area contributed by atoms with Crippen LogP contribution in [0.4, 0.5) is 4.39 Å². The lowest BCUT2D eigenvalue weighted by atomic mass is 10.1. The summed E-state index contributed by atoms with van der Waals surface area (Å²) in [7, 11) is 1.68. The van der Waals surface area contributed by atoms with Gasteiger partial charge in [0.1, 0.15) is 11.6 Å². The number of benzene rings is 2. The summed E-state index contributed by atoms with van der Waals surface area (Å²) < 4.78 is 19.0. The number of hydrogen-bond donors (Lipinski definition) is 2. The van der Waals surface area contributed by atoms with Gasteiger partial charge >= 0.3 is 0 Å². The van der Waals surface area contributed by atoms with E-state index in [0.29, 0.717) is 6.54 Å². The minimum absolute atomic E-state index is 0.143. The Bertz CT molecular complexity index is 766. The molecule has 26 heavy (non-hydrogen) atoms. The van der Waals surface area contributed by atoms with Crippen molar-refractivity contribution in [3.63, 3.8) is 0 Å². The molecule has 0 atom stereocenters. The monoisotopic (exact) mass is 361 g/mol. The summed E-state index contributed by atoms with van der Waals surface area (Å²) >= 11 is 0. The van der Waals surface area contributed by atoms with Crippen LogP contribution in [0.15, 0.2) is 30.3 Å². The van der Waals surface area contributed by atoms with Gasteiger partial charge in [-0.1, -0.05) is 23.8 Å². The number of ether oxygens (including phenoxy) is 1. The number of amides is 1. The molecule has 6 heteroatoms. The molecule has 0 aliphatic carbocycles. The lowest BCUT2D eigenvalue weighted by Gasteiger charge is -2.20. The summed E-state index contributed by atoms with van der Waals surface area (Å²) in [5, 5.41) is 18.7. The van der Waals surface area contributed by atoms with Gasteiger partial charge < -0.3 is 19.8 Å². The SMILES string of the molecule is Cc1ccc(CN(C)C(=O)COc2c(CO)cc(F)cc2CO)c(C)c1. The Kier molecular flexibility index (Phi) is 6.71. The van der Waals surface area contributed by atoms with E-state index in [4.69, 9.17) is 4.74 Å². The maximum atomic E-state index is 13.5. The Balaban J connectivity index is 2.06. The molecule has 0 aromatic heterocycles. The van der Waals surface area contributed by atoms with Crippen LogP contribution in [0, 0.1) is 19.7 Å². The lowest BCUT2D eigenvalue weighted by molar-refractivity contribution is -0.132. The highest BCUT2D eigenvalue weighted by molar-refractivity contribution is 5.77. The second kappa shape index (κ2) is 8.78. The highest BCUT2D eigenvalue weighted by atomic mass is 19.1. The summed E-state index contributed by atoms with van der Waals surface area (Å²) in [6.07, 6.45) is 0. The van der Waals surface area contributed by atoms with Gasteiger partial charge in [0, 0.05) is 24.7 Å². The number of hydrogen-bond acceptors (Lipinski definition) is 4. The molecular formula is C20H24FNO4. The second-order valence-electron chi connectivity index (χ2n) is 6.34. The first-order valence-electron chi connectivity index (χ1n) is 8.31. The molecule has 140 valence electrons. The molecule has 5 nitrogen and oxygen atoms in total. The third-order valence-corrected chi connectivity index (χ3v) is 4.22. The maximum absolute atomic E-state index is 13.5. The number of likely N-dealkylation sites (N-methyl/N-ethyl adjacent to an activating group) is 1. The Morgan fingerprint density at radius 1 is 1.08 bits per heavy atom. The molecule has 2 aromatic rings. The third-order valence-electron chi connectivity index (χ3n) is 4.22. The smallest absolute Gasteiger partial charge is 0.260 e. The number of aliphatic hydroxyl groups excluding tert-OH is 2. The first kappa shape index (κ1) is 19.9. The van der Waals surface area contributed by atoms with Crippen LogP contribution >= 0.6 is 0 Å². The molecule has 0 aliphatic heterocycles. The first-order chi connectivity index (χ1) is 12.3. The molecule has 1 amide bonds. The maximum Gasteiger partial charge on any atom is 0.260 e. The van der Waals surface area contributed by atoms with Crippen LogP contribution in [0.2, 0.25) is 0 Å². The van der Waals surface area contributed by atoms with Crippen LogP contribution in [0.5, 0.6) is 5.75 Å². The zero-order valence-electron chi connectivity index (χ0n) is 15.3. The lowest BCUT2D eigenvalue weighted by Crippen LogP contribution is -2.31. The first-order valence-corrected chi connectivity index (χ1v) is 8.31. The van der Waals surface area contributed by atoms with E-state index in [9.17, 15) is 19.4 Å². The normalized spacial score (nSPS) is 10.7. The van der Waals surface area contributed by atoms with E-state index in [1.165, 1.54) is 0 Å². The fraction of sp³-hybridized carbons (Fsp3) is 0.350. The van der Waals surface area contributed by atoms with Crippen LogP contribution in [-0.4, -0.2) is 34.7 Å². The molecule has 0 saturated heterocycles. The highest BCUT2D eigenvalue weighted by Gasteiger charge is 2.16. The fourth-order valence-corrected chi connectivity index (χ4v) is 2.74. The standard InChI is InChI=1S/C20H24FNO4/c1-13-4-5-15(14(2)6-13)9-22(3)19(25)12-26-20-16(10-23)7-18(21)8-17(20)11-24/h4-8,23-24H,9-12H2,1-3H3. The summed E-state index contributed by atoms with van der Waals surface area (Å²) in [6, 6.07) is 8.29. The van der Waals surface area contributed by atoms with Crippen molar-refractivity contribution in [2.24, 2.45) is 0 Å². The number of carbonyl (C=O) groups excluding carboxylic acids is 1. The van der Waals surface area contributed by atoms with Crippen molar-refractivity contribution in [1.29, 1.82) is 0 Å². The van der Waals surface area contributed by atoms with E-state index in [-0.39, 0.29) is 29.4 Å². The number of carbonyl (C=O) groups is 1. The number of halogens is 1. The number of nitrogens with zero attached hydrogens (tertiary/aromatic N) is 1. The van der Waals surface area contributed by atoms with E-state index >= 15 is 0 Å². The van der Waals surface area contributed by atoms with Gasteiger partial charge in [0.2, 0.25) is 0 Å². The third kappa shape index (κ3) is 4.80. The van der Waals surface area contributed by atoms with Gasteiger partial charge in [-0.2, -0.15) is 0 Å². The molecule has 0 bridgehead atoms. The van der Waals surface area contributed by atoms with Crippen molar-refractivity contribution >= 4 is 5.91 Å². The molecule has 2 aromatic carbocycles. The summed E-state index contributed by atoms with van der Waals surface area (Å²) in [4.78, 5) is 13.9. The van der Waals surface area contributed by atoms with Crippen LogP contribution < -0.4 is 4.74 Å². The molecule has 0 spiro atoms. The summed E-state index contributed by atoms with van der Waals surface area (Å²) in [5.41, 5.74) is 3.69.